The Bertz CT molecular complexity index is 633. The first-order valence-electron chi connectivity index (χ1n) is 10.0. The predicted molar refractivity (Wildman–Crippen MR) is 106 cm³/mol. The van der Waals surface area contributed by atoms with Crippen molar-refractivity contribution < 1.29 is 14.7 Å². The van der Waals surface area contributed by atoms with Gasteiger partial charge in [0.1, 0.15) is 0 Å². The third-order valence-electron chi connectivity index (χ3n) is 6.12. The summed E-state index contributed by atoms with van der Waals surface area (Å²) in [6.45, 7) is 3.06. The van der Waals surface area contributed by atoms with Crippen molar-refractivity contribution in [2.75, 3.05) is 19.6 Å². The Hall–Kier alpha value is -1.59. The van der Waals surface area contributed by atoms with E-state index in [1.807, 2.05) is 12.1 Å². The Balaban J connectivity index is 1.36. The summed E-state index contributed by atoms with van der Waals surface area (Å²) in [5.41, 5.74) is 0.768. The standard InChI is InChI=1S/C21H29ClN2O3/c22-18-5-3-16(4-6-18)20(25)17-10-13-24(14-11-17)12-9-15-1-7-19(8-2-15)23-21(26)27/h3-6,15,17,19,23H,1-2,7-14H2,(H,26,27). The number of amides is 1. The quantitative estimate of drug-likeness (QED) is 0.701. The van der Waals surface area contributed by atoms with Crippen LogP contribution in [0.15, 0.2) is 24.3 Å². The van der Waals surface area contributed by atoms with Crippen LogP contribution in [0.5, 0.6) is 0 Å². The normalized spacial score (nSPS) is 24.5. The number of carbonyl (C=O) groups is 2. The highest BCUT2D eigenvalue weighted by Gasteiger charge is 2.27. The lowest BCUT2D eigenvalue weighted by Crippen LogP contribution is -2.39. The number of likely N-dealkylation sites (tertiary alicyclic amines) is 1. The zero-order chi connectivity index (χ0) is 19.2. The summed E-state index contributed by atoms with van der Waals surface area (Å²) in [5.74, 6) is 1.07. The van der Waals surface area contributed by atoms with E-state index < -0.39 is 6.09 Å². The maximum absolute atomic E-state index is 12.6. The molecule has 2 aliphatic rings. The molecule has 6 heteroatoms. The molecule has 3 rings (SSSR count). The second-order valence-electron chi connectivity index (χ2n) is 7.94. The molecule has 0 bridgehead atoms. The van der Waals surface area contributed by atoms with Crippen molar-refractivity contribution in [2.45, 2.75) is 51.0 Å². The van der Waals surface area contributed by atoms with Gasteiger partial charge in [-0.2, -0.15) is 0 Å². The minimum absolute atomic E-state index is 0.125. The monoisotopic (exact) mass is 392 g/mol. The third-order valence-corrected chi connectivity index (χ3v) is 6.37. The molecule has 0 spiro atoms. The van der Waals surface area contributed by atoms with Gasteiger partial charge in [0.2, 0.25) is 0 Å². The minimum atomic E-state index is -0.908. The Morgan fingerprint density at radius 3 is 2.26 bits per heavy atom. The molecule has 1 aromatic carbocycles. The van der Waals surface area contributed by atoms with E-state index in [0.29, 0.717) is 10.9 Å². The topological polar surface area (TPSA) is 69.6 Å². The highest BCUT2D eigenvalue weighted by atomic mass is 35.5. The van der Waals surface area contributed by atoms with Gasteiger partial charge in [-0.3, -0.25) is 4.79 Å². The molecular formula is C21H29ClN2O3. The Morgan fingerprint density at radius 2 is 1.67 bits per heavy atom. The van der Waals surface area contributed by atoms with Crippen molar-refractivity contribution in [3.8, 4) is 0 Å². The van der Waals surface area contributed by atoms with Gasteiger partial charge in [-0.25, -0.2) is 4.79 Å². The number of hydrogen-bond donors (Lipinski definition) is 2. The molecule has 1 aliphatic heterocycles. The number of halogens is 1. The van der Waals surface area contributed by atoms with Crippen LogP contribution in [0.3, 0.4) is 0 Å². The second-order valence-corrected chi connectivity index (χ2v) is 8.38. The first-order valence-corrected chi connectivity index (χ1v) is 10.4. The highest BCUT2D eigenvalue weighted by Crippen LogP contribution is 2.28. The molecule has 2 N–H and O–H groups in total. The molecule has 1 aliphatic carbocycles. The van der Waals surface area contributed by atoms with Gasteiger partial charge < -0.3 is 15.3 Å². The second kappa shape index (κ2) is 9.56. The first-order chi connectivity index (χ1) is 13.0. The molecule has 0 unspecified atom stereocenters. The number of ketones is 1. The van der Waals surface area contributed by atoms with Crippen LogP contribution in [0.1, 0.15) is 55.3 Å². The molecule has 1 amide bonds. The summed E-state index contributed by atoms with van der Waals surface area (Å²) in [6, 6.07) is 7.35. The molecule has 2 fully saturated rings. The highest BCUT2D eigenvalue weighted by molar-refractivity contribution is 6.30. The van der Waals surface area contributed by atoms with Crippen molar-refractivity contribution >= 4 is 23.5 Å². The SMILES string of the molecule is O=C(O)NC1CCC(CCN2CCC(C(=O)c3ccc(Cl)cc3)CC2)CC1. The zero-order valence-corrected chi connectivity index (χ0v) is 16.5. The summed E-state index contributed by atoms with van der Waals surface area (Å²) >= 11 is 5.90. The molecule has 1 saturated heterocycles. The van der Waals surface area contributed by atoms with E-state index in [2.05, 4.69) is 10.2 Å². The van der Waals surface area contributed by atoms with Crippen molar-refractivity contribution in [3.63, 3.8) is 0 Å². The maximum Gasteiger partial charge on any atom is 0.404 e. The molecule has 1 aromatic rings. The number of carbonyl (C=O) groups excluding carboxylic acids is 1. The lowest BCUT2D eigenvalue weighted by atomic mass is 9.83. The van der Waals surface area contributed by atoms with E-state index in [-0.39, 0.29) is 17.7 Å². The largest absolute Gasteiger partial charge is 0.465 e. The van der Waals surface area contributed by atoms with E-state index >= 15 is 0 Å². The fourth-order valence-corrected chi connectivity index (χ4v) is 4.53. The number of nitrogens with zero attached hydrogens (tertiary/aromatic N) is 1. The van der Waals surface area contributed by atoms with Gasteiger partial charge in [-0.1, -0.05) is 11.6 Å². The summed E-state index contributed by atoms with van der Waals surface area (Å²) in [6.07, 6.45) is 6.24. The van der Waals surface area contributed by atoms with Gasteiger partial charge in [0.05, 0.1) is 0 Å². The molecule has 5 nitrogen and oxygen atoms in total. The Labute approximate surface area is 166 Å². The van der Waals surface area contributed by atoms with Gasteiger partial charge in [0, 0.05) is 22.5 Å². The van der Waals surface area contributed by atoms with Crippen molar-refractivity contribution in [3.05, 3.63) is 34.9 Å². The molecule has 0 aromatic heterocycles. The molecule has 148 valence electrons. The van der Waals surface area contributed by atoms with E-state index in [1.54, 1.807) is 12.1 Å². The predicted octanol–water partition coefficient (Wildman–Crippen LogP) is 4.45. The van der Waals surface area contributed by atoms with Crippen LogP contribution in [0.4, 0.5) is 4.79 Å². The number of Topliss-reactive ketones (excluding diaryl/α,β-unsaturated/α-hetero) is 1. The van der Waals surface area contributed by atoms with Gasteiger partial charge in [0.15, 0.2) is 5.78 Å². The van der Waals surface area contributed by atoms with Crippen LogP contribution >= 0.6 is 11.6 Å². The van der Waals surface area contributed by atoms with Gasteiger partial charge >= 0.3 is 6.09 Å². The zero-order valence-electron chi connectivity index (χ0n) is 15.7. The smallest absolute Gasteiger partial charge is 0.404 e. The van der Waals surface area contributed by atoms with Crippen LogP contribution in [0.25, 0.3) is 0 Å². The number of piperidine rings is 1. The van der Waals surface area contributed by atoms with E-state index in [0.717, 1.165) is 63.7 Å². The number of benzene rings is 1. The fourth-order valence-electron chi connectivity index (χ4n) is 4.40. The van der Waals surface area contributed by atoms with Crippen molar-refractivity contribution in [1.82, 2.24) is 10.2 Å². The summed E-state index contributed by atoms with van der Waals surface area (Å²) in [7, 11) is 0. The van der Waals surface area contributed by atoms with Crippen molar-refractivity contribution in [1.29, 1.82) is 0 Å². The molecular weight excluding hydrogens is 364 g/mol. The molecule has 27 heavy (non-hydrogen) atoms. The number of carboxylic acid groups (broad SMARTS) is 1. The molecule has 1 saturated carbocycles. The van der Waals surface area contributed by atoms with Gasteiger partial charge in [0.25, 0.3) is 0 Å². The Kier molecular flexibility index (Phi) is 7.13. The number of nitrogens with one attached hydrogen (secondary N) is 1. The lowest BCUT2D eigenvalue weighted by molar-refractivity contribution is 0.0832. The van der Waals surface area contributed by atoms with E-state index in [4.69, 9.17) is 16.7 Å². The van der Waals surface area contributed by atoms with Gasteiger partial charge in [-0.05, 0) is 94.8 Å². The van der Waals surface area contributed by atoms with Crippen LogP contribution in [0.2, 0.25) is 5.02 Å². The third kappa shape index (κ3) is 5.94. The summed E-state index contributed by atoms with van der Waals surface area (Å²) in [4.78, 5) is 25.8. The lowest BCUT2D eigenvalue weighted by Gasteiger charge is -2.34. The maximum atomic E-state index is 12.6. The average molecular weight is 393 g/mol. The summed E-state index contributed by atoms with van der Waals surface area (Å²) in [5, 5.41) is 12.1. The van der Waals surface area contributed by atoms with Crippen LogP contribution in [0, 0.1) is 11.8 Å². The first kappa shape index (κ1) is 20.2. The molecule has 0 radical (unpaired) electrons. The molecule has 0 atom stereocenters. The van der Waals surface area contributed by atoms with Crippen LogP contribution < -0.4 is 5.32 Å². The van der Waals surface area contributed by atoms with Crippen LogP contribution in [-0.2, 0) is 0 Å². The van der Waals surface area contributed by atoms with E-state index in [9.17, 15) is 9.59 Å². The van der Waals surface area contributed by atoms with Crippen LogP contribution in [-0.4, -0.2) is 47.6 Å². The Morgan fingerprint density at radius 1 is 1.04 bits per heavy atom. The average Bonchev–Trinajstić information content (AvgIpc) is 2.67. The van der Waals surface area contributed by atoms with Gasteiger partial charge in [-0.15, -0.1) is 0 Å². The number of hydrogen-bond acceptors (Lipinski definition) is 3. The number of rotatable bonds is 6. The fraction of sp³-hybridized carbons (Fsp3) is 0.619. The van der Waals surface area contributed by atoms with E-state index in [1.165, 1.54) is 6.42 Å². The minimum Gasteiger partial charge on any atom is -0.465 e. The summed E-state index contributed by atoms with van der Waals surface area (Å²) < 4.78 is 0. The molecule has 1 heterocycles. The van der Waals surface area contributed by atoms with Crippen molar-refractivity contribution in [2.24, 2.45) is 11.8 Å².